The Bertz CT molecular complexity index is 1040. The zero-order valence-corrected chi connectivity index (χ0v) is 17.7. The van der Waals surface area contributed by atoms with E-state index in [1.807, 2.05) is 36.1 Å². The largest absolute Gasteiger partial charge is 0.494 e. The van der Waals surface area contributed by atoms with Crippen LogP contribution in [0, 0.1) is 0 Å². The number of hydrogen-bond acceptors (Lipinski definition) is 5. The normalized spacial score (nSPS) is 16.3. The number of hydrogen-bond donors (Lipinski definition) is 1. The van der Waals surface area contributed by atoms with Crippen molar-refractivity contribution in [3.05, 3.63) is 59.8 Å². The topological polar surface area (TPSA) is 79.0 Å². The fraction of sp³-hybridized carbons (Fsp3) is 0.292. The van der Waals surface area contributed by atoms with Gasteiger partial charge in [-0.2, -0.15) is 0 Å². The van der Waals surface area contributed by atoms with Gasteiger partial charge < -0.3 is 15.0 Å². The molecule has 0 saturated carbocycles. The van der Waals surface area contributed by atoms with Crippen molar-refractivity contribution in [1.29, 1.82) is 0 Å². The van der Waals surface area contributed by atoms with E-state index >= 15 is 0 Å². The summed E-state index contributed by atoms with van der Waals surface area (Å²) in [6.07, 6.45) is 1.99. The Labute approximate surface area is 181 Å². The fourth-order valence-corrected chi connectivity index (χ4v) is 4.03. The van der Waals surface area contributed by atoms with Gasteiger partial charge in [-0.05, 0) is 61.7 Å². The Morgan fingerprint density at radius 1 is 0.968 bits per heavy atom. The second-order valence-corrected chi connectivity index (χ2v) is 7.55. The molecule has 2 aromatic carbocycles. The summed E-state index contributed by atoms with van der Waals surface area (Å²) >= 11 is 0. The number of anilines is 2. The number of nitrogens with zero attached hydrogens (tertiary/aromatic N) is 2. The molecule has 0 spiro atoms. The van der Waals surface area contributed by atoms with Gasteiger partial charge in [-0.25, -0.2) is 4.90 Å². The molecule has 2 aliphatic rings. The number of amides is 3. The Morgan fingerprint density at radius 3 is 2.19 bits per heavy atom. The summed E-state index contributed by atoms with van der Waals surface area (Å²) in [5.41, 5.74) is 2.65. The van der Waals surface area contributed by atoms with E-state index in [1.165, 1.54) is 11.8 Å². The number of likely N-dealkylation sites (tertiary alicyclic amines) is 1. The van der Waals surface area contributed by atoms with Crippen molar-refractivity contribution in [3.8, 4) is 5.75 Å². The lowest BCUT2D eigenvalue weighted by Gasteiger charge is -2.20. The average molecular weight is 419 g/mol. The van der Waals surface area contributed by atoms with Gasteiger partial charge in [0, 0.05) is 25.7 Å². The average Bonchev–Trinajstić information content (AvgIpc) is 3.36. The van der Waals surface area contributed by atoms with E-state index in [2.05, 4.69) is 5.32 Å². The van der Waals surface area contributed by atoms with Crippen LogP contribution in [0.2, 0.25) is 0 Å². The van der Waals surface area contributed by atoms with Crippen LogP contribution in [0.3, 0.4) is 0 Å². The van der Waals surface area contributed by atoms with E-state index in [-0.39, 0.29) is 17.7 Å². The Balaban J connectivity index is 1.71. The zero-order valence-electron chi connectivity index (χ0n) is 17.7. The standard InChI is InChI=1S/C24H25N3O4/c1-3-31-20-12-6-17(7-13-20)21-22(26-14-4-5-15-26)24(30)27(23(21)29)19-10-8-18(9-11-19)25-16(2)28/h6-13H,3-5,14-15H2,1-2H3,(H,25,28). The maximum atomic E-state index is 13.5. The van der Waals surface area contributed by atoms with Gasteiger partial charge in [0.05, 0.1) is 17.9 Å². The molecule has 0 aliphatic carbocycles. The maximum Gasteiger partial charge on any atom is 0.282 e. The van der Waals surface area contributed by atoms with E-state index < -0.39 is 0 Å². The molecule has 0 radical (unpaired) electrons. The predicted octanol–water partition coefficient (Wildman–Crippen LogP) is 3.42. The molecule has 3 amide bonds. The number of rotatable bonds is 6. The van der Waals surface area contributed by atoms with Gasteiger partial charge in [-0.15, -0.1) is 0 Å². The number of imide groups is 1. The van der Waals surface area contributed by atoms with E-state index in [4.69, 9.17) is 4.74 Å². The maximum absolute atomic E-state index is 13.5. The molecule has 0 aromatic heterocycles. The summed E-state index contributed by atoms with van der Waals surface area (Å²) in [4.78, 5) is 41.4. The third-order valence-corrected chi connectivity index (χ3v) is 5.38. The highest BCUT2D eigenvalue weighted by Crippen LogP contribution is 2.36. The van der Waals surface area contributed by atoms with E-state index in [9.17, 15) is 14.4 Å². The lowest BCUT2D eigenvalue weighted by molar-refractivity contribution is -0.120. The number of carbonyl (C=O) groups excluding carboxylic acids is 3. The second kappa shape index (κ2) is 8.63. The van der Waals surface area contributed by atoms with Crippen LogP contribution in [0.4, 0.5) is 11.4 Å². The molecular formula is C24H25N3O4. The molecule has 0 unspecified atom stereocenters. The first-order valence-electron chi connectivity index (χ1n) is 10.5. The predicted molar refractivity (Wildman–Crippen MR) is 119 cm³/mol. The van der Waals surface area contributed by atoms with Gasteiger partial charge in [0.15, 0.2) is 0 Å². The van der Waals surface area contributed by atoms with Crippen LogP contribution in [0.15, 0.2) is 54.2 Å². The quantitative estimate of drug-likeness (QED) is 0.726. The van der Waals surface area contributed by atoms with Gasteiger partial charge >= 0.3 is 0 Å². The van der Waals surface area contributed by atoms with Gasteiger partial charge in [-0.1, -0.05) is 12.1 Å². The molecule has 0 bridgehead atoms. The minimum Gasteiger partial charge on any atom is -0.494 e. The van der Waals surface area contributed by atoms with Gasteiger partial charge in [-0.3, -0.25) is 14.4 Å². The highest BCUT2D eigenvalue weighted by molar-refractivity contribution is 6.45. The van der Waals surface area contributed by atoms with Crippen molar-refractivity contribution >= 4 is 34.7 Å². The smallest absolute Gasteiger partial charge is 0.282 e. The molecule has 2 heterocycles. The number of carbonyl (C=O) groups is 3. The van der Waals surface area contributed by atoms with Gasteiger partial charge in [0.25, 0.3) is 11.8 Å². The molecular weight excluding hydrogens is 394 g/mol. The van der Waals surface area contributed by atoms with Crippen molar-refractivity contribution in [3.63, 3.8) is 0 Å². The van der Waals surface area contributed by atoms with Crippen molar-refractivity contribution in [2.45, 2.75) is 26.7 Å². The Morgan fingerprint density at radius 2 is 1.61 bits per heavy atom. The van der Waals surface area contributed by atoms with E-state index in [0.717, 1.165) is 31.7 Å². The van der Waals surface area contributed by atoms with Crippen LogP contribution in [0.25, 0.3) is 5.57 Å². The van der Waals surface area contributed by atoms with Crippen molar-refractivity contribution in [2.75, 3.05) is 29.9 Å². The van der Waals surface area contributed by atoms with Crippen molar-refractivity contribution in [1.82, 2.24) is 4.90 Å². The lowest BCUT2D eigenvalue weighted by Crippen LogP contribution is -2.34. The molecule has 31 heavy (non-hydrogen) atoms. The molecule has 1 fully saturated rings. The third kappa shape index (κ3) is 4.03. The molecule has 1 N–H and O–H groups in total. The summed E-state index contributed by atoms with van der Waals surface area (Å²) in [6, 6.07) is 14.0. The zero-order chi connectivity index (χ0) is 22.0. The SMILES string of the molecule is CCOc1ccc(C2=C(N3CCCC3)C(=O)N(c3ccc(NC(C)=O)cc3)C2=O)cc1. The molecule has 2 aromatic rings. The summed E-state index contributed by atoms with van der Waals surface area (Å²) in [5.74, 6) is -0.125. The summed E-state index contributed by atoms with van der Waals surface area (Å²) in [7, 11) is 0. The molecule has 160 valence electrons. The number of ether oxygens (including phenoxy) is 1. The van der Waals surface area contributed by atoms with Crippen LogP contribution in [0.1, 0.15) is 32.3 Å². The second-order valence-electron chi connectivity index (χ2n) is 7.55. The van der Waals surface area contributed by atoms with Gasteiger partial charge in [0.2, 0.25) is 5.91 Å². The molecule has 0 atom stereocenters. The summed E-state index contributed by atoms with van der Waals surface area (Å²) in [5, 5.41) is 2.69. The van der Waals surface area contributed by atoms with Crippen LogP contribution in [0.5, 0.6) is 5.75 Å². The first-order valence-corrected chi connectivity index (χ1v) is 10.5. The van der Waals surface area contributed by atoms with Crippen molar-refractivity contribution < 1.29 is 19.1 Å². The highest BCUT2D eigenvalue weighted by atomic mass is 16.5. The molecule has 1 saturated heterocycles. The third-order valence-electron chi connectivity index (χ3n) is 5.38. The number of benzene rings is 2. The van der Waals surface area contributed by atoms with E-state index in [0.29, 0.717) is 34.8 Å². The summed E-state index contributed by atoms with van der Waals surface area (Å²) in [6.45, 7) is 5.40. The van der Waals surface area contributed by atoms with Crippen LogP contribution in [-0.2, 0) is 14.4 Å². The van der Waals surface area contributed by atoms with Crippen LogP contribution < -0.4 is 15.0 Å². The monoisotopic (exact) mass is 419 g/mol. The minimum absolute atomic E-state index is 0.183. The molecule has 7 nitrogen and oxygen atoms in total. The van der Waals surface area contributed by atoms with Crippen LogP contribution in [-0.4, -0.2) is 42.3 Å². The van der Waals surface area contributed by atoms with Crippen molar-refractivity contribution in [2.24, 2.45) is 0 Å². The first kappa shape index (κ1) is 20.7. The highest BCUT2D eigenvalue weighted by Gasteiger charge is 2.42. The number of nitrogens with one attached hydrogen (secondary N) is 1. The fourth-order valence-electron chi connectivity index (χ4n) is 4.03. The first-order chi connectivity index (χ1) is 15.0. The Kier molecular flexibility index (Phi) is 5.75. The minimum atomic E-state index is -0.344. The van der Waals surface area contributed by atoms with Crippen LogP contribution >= 0.6 is 0 Å². The van der Waals surface area contributed by atoms with E-state index in [1.54, 1.807) is 24.3 Å². The summed E-state index contributed by atoms with van der Waals surface area (Å²) < 4.78 is 5.51. The molecule has 2 aliphatic heterocycles. The molecule has 4 rings (SSSR count). The van der Waals surface area contributed by atoms with Gasteiger partial charge in [0.1, 0.15) is 11.4 Å². The Hall–Kier alpha value is -3.61. The lowest BCUT2D eigenvalue weighted by atomic mass is 10.0. The molecule has 7 heteroatoms.